The van der Waals surface area contributed by atoms with E-state index in [0.717, 1.165) is 17.0 Å². The Labute approximate surface area is 134 Å². The van der Waals surface area contributed by atoms with Gasteiger partial charge >= 0.3 is 0 Å². The van der Waals surface area contributed by atoms with Gasteiger partial charge in [-0.15, -0.1) is 0 Å². The fourth-order valence-corrected chi connectivity index (χ4v) is 2.86. The molecule has 1 amide bonds. The summed E-state index contributed by atoms with van der Waals surface area (Å²) in [6.07, 6.45) is -0.208. The van der Waals surface area contributed by atoms with Crippen LogP contribution in [0.1, 0.15) is 23.9 Å². The van der Waals surface area contributed by atoms with Crippen LogP contribution in [0.3, 0.4) is 0 Å². The van der Waals surface area contributed by atoms with Gasteiger partial charge in [0.1, 0.15) is 11.6 Å². The van der Waals surface area contributed by atoms with E-state index in [4.69, 9.17) is 4.74 Å². The average molecular weight is 317 g/mol. The average Bonchev–Trinajstić information content (AvgIpc) is 3.01. The standard InChI is InChI=1S/C17H20FN3O2/c1-10-6-12(3)21(20-10)9-11(2)19-17(22)16-8-13-7-14(18)4-5-15(13)23-16/h4-7,11,16H,8-9H2,1-3H3,(H,19,22)/t11-,16-/m0/s1. The van der Waals surface area contributed by atoms with Crippen molar-refractivity contribution < 1.29 is 13.9 Å². The molecular formula is C17H20FN3O2. The molecule has 1 aromatic carbocycles. The summed E-state index contributed by atoms with van der Waals surface area (Å²) in [7, 11) is 0. The molecule has 2 atom stereocenters. The Kier molecular flexibility index (Phi) is 4.07. The van der Waals surface area contributed by atoms with Crippen molar-refractivity contribution in [1.82, 2.24) is 15.1 Å². The van der Waals surface area contributed by atoms with Crippen molar-refractivity contribution in [1.29, 1.82) is 0 Å². The van der Waals surface area contributed by atoms with Crippen LogP contribution >= 0.6 is 0 Å². The molecule has 1 N–H and O–H groups in total. The quantitative estimate of drug-likeness (QED) is 0.940. The van der Waals surface area contributed by atoms with Crippen molar-refractivity contribution in [2.75, 3.05) is 0 Å². The van der Waals surface area contributed by atoms with E-state index in [0.29, 0.717) is 18.7 Å². The predicted molar refractivity (Wildman–Crippen MR) is 83.8 cm³/mol. The third kappa shape index (κ3) is 3.36. The largest absolute Gasteiger partial charge is 0.480 e. The molecular weight excluding hydrogens is 297 g/mol. The SMILES string of the molecule is Cc1cc(C)n(C[C@H](C)NC(=O)[C@@H]2Cc3cc(F)ccc3O2)n1. The fourth-order valence-electron chi connectivity index (χ4n) is 2.86. The van der Waals surface area contributed by atoms with E-state index in [1.807, 2.05) is 31.5 Å². The van der Waals surface area contributed by atoms with E-state index in [2.05, 4.69) is 10.4 Å². The number of ether oxygens (including phenoxy) is 1. The molecule has 122 valence electrons. The zero-order valence-corrected chi connectivity index (χ0v) is 13.5. The van der Waals surface area contributed by atoms with E-state index >= 15 is 0 Å². The molecule has 6 heteroatoms. The molecule has 2 aromatic rings. The minimum Gasteiger partial charge on any atom is -0.480 e. The van der Waals surface area contributed by atoms with Crippen LogP contribution in [0, 0.1) is 19.7 Å². The van der Waals surface area contributed by atoms with Gasteiger partial charge in [-0.1, -0.05) is 0 Å². The number of rotatable bonds is 4. The molecule has 1 aliphatic rings. The Morgan fingerprint density at radius 3 is 2.96 bits per heavy atom. The molecule has 5 nitrogen and oxygen atoms in total. The van der Waals surface area contributed by atoms with Crippen LogP contribution in [0.25, 0.3) is 0 Å². The molecule has 0 aliphatic carbocycles. The molecule has 0 unspecified atom stereocenters. The first-order valence-electron chi connectivity index (χ1n) is 7.69. The second-order valence-electron chi connectivity index (χ2n) is 6.08. The predicted octanol–water partition coefficient (Wildman–Crippen LogP) is 2.15. The van der Waals surface area contributed by atoms with Crippen LogP contribution in [0.2, 0.25) is 0 Å². The number of fused-ring (bicyclic) bond motifs is 1. The number of halogens is 1. The maximum atomic E-state index is 13.2. The van der Waals surface area contributed by atoms with Crippen molar-refractivity contribution in [3.05, 3.63) is 47.0 Å². The molecule has 0 saturated heterocycles. The highest BCUT2D eigenvalue weighted by Crippen LogP contribution is 2.29. The highest BCUT2D eigenvalue weighted by atomic mass is 19.1. The number of aryl methyl sites for hydroxylation is 2. The summed E-state index contributed by atoms with van der Waals surface area (Å²) in [6.45, 7) is 6.45. The van der Waals surface area contributed by atoms with Gasteiger partial charge < -0.3 is 10.1 Å². The van der Waals surface area contributed by atoms with E-state index in [1.165, 1.54) is 12.1 Å². The number of carbonyl (C=O) groups excluding carboxylic acids is 1. The van der Waals surface area contributed by atoms with Gasteiger partial charge in [0.05, 0.1) is 12.2 Å². The van der Waals surface area contributed by atoms with Crippen LogP contribution in [0.5, 0.6) is 5.75 Å². The zero-order chi connectivity index (χ0) is 16.6. The lowest BCUT2D eigenvalue weighted by Crippen LogP contribution is -2.43. The number of amides is 1. The number of hydrogen-bond donors (Lipinski definition) is 1. The number of carbonyl (C=O) groups is 1. The lowest BCUT2D eigenvalue weighted by molar-refractivity contribution is -0.127. The summed E-state index contributed by atoms with van der Waals surface area (Å²) >= 11 is 0. The number of nitrogens with zero attached hydrogens (tertiary/aromatic N) is 2. The van der Waals surface area contributed by atoms with E-state index in [-0.39, 0.29) is 17.8 Å². The molecule has 0 radical (unpaired) electrons. The van der Waals surface area contributed by atoms with Crippen LogP contribution in [0.15, 0.2) is 24.3 Å². The molecule has 0 bridgehead atoms. The minimum absolute atomic E-state index is 0.0791. The van der Waals surface area contributed by atoms with Crippen molar-refractivity contribution in [2.24, 2.45) is 0 Å². The van der Waals surface area contributed by atoms with Crippen LogP contribution in [-0.4, -0.2) is 27.8 Å². The first-order chi connectivity index (χ1) is 10.9. The van der Waals surface area contributed by atoms with Gasteiger partial charge in [-0.3, -0.25) is 9.48 Å². The van der Waals surface area contributed by atoms with Crippen LogP contribution in [0.4, 0.5) is 4.39 Å². The zero-order valence-electron chi connectivity index (χ0n) is 13.5. The number of hydrogen-bond acceptors (Lipinski definition) is 3. The summed E-state index contributed by atoms with van der Waals surface area (Å²) in [5, 5.41) is 7.33. The van der Waals surface area contributed by atoms with Gasteiger partial charge in [-0.25, -0.2) is 4.39 Å². The topological polar surface area (TPSA) is 56.2 Å². The Morgan fingerprint density at radius 1 is 1.48 bits per heavy atom. The first-order valence-corrected chi connectivity index (χ1v) is 7.69. The smallest absolute Gasteiger partial charge is 0.261 e. The highest BCUT2D eigenvalue weighted by Gasteiger charge is 2.30. The van der Waals surface area contributed by atoms with Crippen molar-refractivity contribution in [2.45, 2.75) is 45.9 Å². The molecule has 2 heterocycles. The number of nitrogens with one attached hydrogen (secondary N) is 1. The van der Waals surface area contributed by atoms with Crippen LogP contribution < -0.4 is 10.1 Å². The molecule has 23 heavy (non-hydrogen) atoms. The van der Waals surface area contributed by atoms with E-state index in [9.17, 15) is 9.18 Å². The minimum atomic E-state index is -0.602. The monoisotopic (exact) mass is 317 g/mol. The van der Waals surface area contributed by atoms with Crippen molar-refractivity contribution in [3.8, 4) is 5.75 Å². The number of benzene rings is 1. The summed E-state index contributed by atoms with van der Waals surface area (Å²) in [5.41, 5.74) is 2.75. The van der Waals surface area contributed by atoms with Gasteiger partial charge in [0, 0.05) is 23.7 Å². The fraction of sp³-hybridized carbons (Fsp3) is 0.412. The summed E-state index contributed by atoms with van der Waals surface area (Å²) < 4.78 is 20.7. The molecule has 1 aliphatic heterocycles. The second kappa shape index (κ2) is 6.02. The Hall–Kier alpha value is -2.37. The maximum Gasteiger partial charge on any atom is 0.261 e. The van der Waals surface area contributed by atoms with Gasteiger partial charge in [-0.2, -0.15) is 5.10 Å². The third-order valence-corrected chi connectivity index (χ3v) is 3.93. The first kappa shape index (κ1) is 15.5. The second-order valence-corrected chi connectivity index (χ2v) is 6.08. The molecule has 1 aromatic heterocycles. The molecule has 0 fully saturated rings. The Morgan fingerprint density at radius 2 is 2.26 bits per heavy atom. The van der Waals surface area contributed by atoms with Crippen molar-refractivity contribution >= 4 is 5.91 Å². The summed E-state index contributed by atoms with van der Waals surface area (Å²) in [6, 6.07) is 6.24. The molecule has 0 spiro atoms. The highest BCUT2D eigenvalue weighted by molar-refractivity contribution is 5.82. The third-order valence-electron chi connectivity index (χ3n) is 3.93. The maximum absolute atomic E-state index is 13.2. The Balaban J connectivity index is 1.58. The van der Waals surface area contributed by atoms with Gasteiger partial charge in [0.15, 0.2) is 6.10 Å². The Bertz CT molecular complexity index is 741. The van der Waals surface area contributed by atoms with Gasteiger partial charge in [0.2, 0.25) is 0 Å². The van der Waals surface area contributed by atoms with Gasteiger partial charge in [0.25, 0.3) is 5.91 Å². The summed E-state index contributed by atoms with van der Waals surface area (Å²) in [4.78, 5) is 12.3. The molecule has 3 rings (SSSR count). The van der Waals surface area contributed by atoms with E-state index in [1.54, 1.807) is 6.07 Å². The normalized spacial score (nSPS) is 17.5. The number of aromatic nitrogens is 2. The molecule has 0 saturated carbocycles. The summed E-state index contributed by atoms with van der Waals surface area (Å²) in [5.74, 6) is 0.0830. The van der Waals surface area contributed by atoms with E-state index < -0.39 is 6.10 Å². The van der Waals surface area contributed by atoms with Gasteiger partial charge in [-0.05, 0) is 45.0 Å². The lowest BCUT2D eigenvalue weighted by Gasteiger charge is -2.17. The lowest BCUT2D eigenvalue weighted by atomic mass is 10.1. The van der Waals surface area contributed by atoms with Crippen molar-refractivity contribution in [3.63, 3.8) is 0 Å². The van der Waals surface area contributed by atoms with Crippen LogP contribution in [-0.2, 0) is 17.8 Å².